The van der Waals surface area contributed by atoms with Crippen molar-refractivity contribution in [2.75, 3.05) is 70.6 Å². The predicted molar refractivity (Wildman–Crippen MR) is 164 cm³/mol. The van der Waals surface area contributed by atoms with Gasteiger partial charge in [0.05, 0.1) is 18.3 Å². The number of phenols is 1. The van der Waals surface area contributed by atoms with E-state index in [0.29, 0.717) is 31.0 Å². The molecule has 220 valence electrons. The third-order valence-corrected chi connectivity index (χ3v) is 7.88. The van der Waals surface area contributed by atoms with Crippen LogP contribution in [0.4, 0.5) is 11.5 Å². The predicted octanol–water partition coefficient (Wildman–Crippen LogP) is 3.15. The number of ether oxygens (including phenoxy) is 1. The van der Waals surface area contributed by atoms with Gasteiger partial charge in [0, 0.05) is 62.0 Å². The third kappa shape index (κ3) is 7.25. The number of hydrogen-bond acceptors (Lipinski definition) is 9. The van der Waals surface area contributed by atoms with E-state index < -0.39 is 0 Å². The van der Waals surface area contributed by atoms with Crippen molar-refractivity contribution in [1.29, 1.82) is 0 Å². The van der Waals surface area contributed by atoms with Gasteiger partial charge in [0.2, 0.25) is 5.91 Å². The Morgan fingerprint density at radius 1 is 1.17 bits per heavy atom. The van der Waals surface area contributed by atoms with Crippen LogP contribution in [-0.2, 0) is 17.8 Å². The zero-order valence-electron chi connectivity index (χ0n) is 24.7. The Balaban J connectivity index is 0.000000374. The van der Waals surface area contributed by atoms with E-state index in [1.807, 2.05) is 38.1 Å². The molecule has 0 bridgehead atoms. The number of aromatic nitrogens is 2. The summed E-state index contributed by atoms with van der Waals surface area (Å²) in [4.78, 5) is 28.5. The minimum Gasteiger partial charge on any atom is -0.508 e. The Morgan fingerprint density at radius 2 is 1.93 bits per heavy atom. The molecule has 0 aliphatic carbocycles. The number of carbonyl (C=O) groups is 1. The van der Waals surface area contributed by atoms with Gasteiger partial charge in [0.15, 0.2) is 0 Å². The van der Waals surface area contributed by atoms with Crippen LogP contribution >= 0.6 is 0 Å². The van der Waals surface area contributed by atoms with Crippen LogP contribution in [0.15, 0.2) is 49.1 Å². The molecular weight excluding hydrogens is 518 g/mol. The molecule has 3 N–H and O–H groups in total. The van der Waals surface area contributed by atoms with Crippen LogP contribution in [0.1, 0.15) is 25.1 Å². The van der Waals surface area contributed by atoms with Gasteiger partial charge in [0.1, 0.15) is 18.2 Å². The lowest BCUT2D eigenvalue weighted by molar-refractivity contribution is -0.125. The van der Waals surface area contributed by atoms with Crippen LogP contribution in [0.3, 0.4) is 0 Å². The zero-order chi connectivity index (χ0) is 29.5. The van der Waals surface area contributed by atoms with Crippen molar-refractivity contribution < 1.29 is 14.6 Å². The largest absolute Gasteiger partial charge is 0.508 e. The van der Waals surface area contributed by atoms with Gasteiger partial charge in [-0.1, -0.05) is 30.8 Å². The van der Waals surface area contributed by atoms with Crippen molar-refractivity contribution in [3.05, 3.63) is 60.3 Å². The third-order valence-electron chi connectivity index (χ3n) is 7.88. The summed E-state index contributed by atoms with van der Waals surface area (Å²) in [5.41, 5.74) is 9.17. The average Bonchev–Trinajstić information content (AvgIpc) is 2.97. The zero-order valence-corrected chi connectivity index (χ0v) is 24.7. The number of carbonyl (C=O) groups excluding carboxylic acids is 1. The molecule has 10 heteroatoms. The summed E-state index contributed by atoms with van der Waals surface area (Å²) >= 11 is 0. The molecule has 0 spiro atoms. The number of piperazine rings is 1. The molecule has 1 amide bonds. The van der Waals surface area contributed by atoms with E-state index in [9.17, 15) is 9.90 Å². The number of amides is 1. The van der Waals surface area contributed by atoms with Crippen LogP contribution in [0.2, 0.25) is 0 Å². The van der Waals surface area contributed by atoms with Crippen LogP contribution in [0, 0.1) is 0 Å². The maximum Gasteiger partial charge on any atom is 0.318 e. The molecule has 1 atom stereocenters. The van der Waals surface area contributed by atoms with Crippen LogP contribution in [0.5, 0.6) is 11.8 Å². The maximum atomic E-state index is 10.8. The smallest absolute Gasteiger partial charge is 0.318 e. The highest BCUT2D eigenvalue weighted by molar-refractivity contribution is 5.95. The summed E-state index contributed by atoms with van der Waals surface area (Å²) in [5.74, 6) is 0.775. The number of nitrogen functional groups attached to an aromatic ring is 1. The molecule has 1 unspecified atom stereocenters. The number of aromatic hydroxyl groups is 1. The van der Waals surface area contributed by atoms with E-state index in [1.165, 1.54) is 6.08 Å². The lowest BCUT2D eigenvalue weighted by atomic mass is 10.0. The Morgan fingerprint density at radius 3 is 2.63 bits per heavy atom. The number of nitrogens with zero attached hydrogens (tertiary/aromatic N) is 6. The van der Waals surface area contributed by atoms with Crippen LogP contribution in [-0.4, -0.2) is 102 Å². The summed E-state index contributed by atoms with van der Waals surface area (Å²) in [5, 5.41) is 12.4. The molecular formula is C31H43N7O3. The van der Waals surface area contributed by atoms with Crippen molar-refractivity contribution in [3.63, 3.8) is 0 Å². The van der Waals surface area contributed by atoms with Crippen molar-refractivity contribution >= 4 is 28.2 Å². The SMILES string of the molecule is C=CC(=O)N(CC)CC.CN1CCN(C)C(COc2nc(N)c3c(n2)CN(c2cc(O)cc4ccccc24)CC3)C1. The highest BCUT2D eigenvalue weighted by Gasteiger charge is 2.26. The summed E-state index contributed by atoms with van der Waals surface area (Å²) in [6.45, 7) is 13.8. The van der Waals surface area contributed by atoms with Gasteiger partial charge < -0.3 is 30.3 Å². The van der Waals surface area contributed by atoms with Gasteiger partial charge in [0.25, 0.3) is 0 Å². The number of nitrogens with two attached hydrogens (primary N) is 1. The van der Waals surface area contributed by atoms with E-state index >= 15 is 0 Å². The fourth-order valence-corrected chi connectivity index (χ4v) is 5.36. The first-order chi connectivity index (χ1) is 19.7. The molecule has 10 nitrogen and oxygen atoms in total. The van der Waals surface area contributed by atoms with Crippen molar-refractivity contribution in [2.24, 2.45) is 0 Å². The molecule has 3 aromatic rings. The molecule has 1 saturated heterocycles. The first-order valence-corrected chi connectivity index (χ1v) is 14.3. The highest BCUT2D eigenvalue weighted by atomic mass is 16.5. The molecule has 1 fully saturated rings. The van der Waals surface area contributed by atoms with Gasteiger partial charge in [-0.15, -0.1) is 0 Å². The molecule has 1 aromatic heterocycles. The van der Waals surface area contributed by atoms with Gasteiger partial charge in [-0.05, 0) is 51.9 Å². The Kier molecular flexibility index (Phi) is 10.0. The monoisotopic (exact) mass is 561 g/mol. The van der Waals surface area contributed by atoms with Crippen molar-refractivity contribution in [1.82, 2.24) is 24.7 Å². The summed E-state index contributed by atoms with van der Waals surface area (Å²) in [6.07, 6.45) is 2.09. The normalized spacial score (nSPS) is 17.4. The Bertz CT molecular complexity index is 1360. The molecule has 0 saturated carbocycles. The molecule has 41 heavy (non-hydrogen) atoms. The minimum absolute atomic E-state index is 0.0139. The minimum atomic E-state index is 0.0139. The molecule has 0 radical (unpaired) electrons. The fraction of sp³-hybridized carbons (Fsp3) is 0.452. The number of phenolic OH excluding ortho intramolecular Hbond substituents is 1. The molecule has 2 aliphatic rings. The van der Waals surface area contributed by atoms with E-state index in [-0.39, 0.29) is 11.7 Å². The van der Waals surface area contributed by atoms with Crippen molar-refractivity contribution in [3.8, 4) is 11.8 Å². The van der Waals surface area contributed by atoms with Gasteiger partial charge in [-0.2, -0.15) is 9.97 Å². The summed E-state index contributed by atoms with van der Waals surface area (Å²) in [7, 11) is 4.26. The van der Waals surface area contributed by atoms with Gasteiger partial charge in [-0.25, -0.2) is 0 Å². The maximum absolute atomic E-state index is 10.8. The first-order valence-electron chi connectivity index (χ1n) is 14.3. The molecule has 2 aliphatic heterocycles. The van der Waals surface area contributed by atoms with Gasteiger partial charge in [-0.3, -0.25) is 9.69 Å². The van der Waals surface area contributed by atoms with Crippen LogP contribution < -0.4 is 15.4 Å². The van der Waals surface area contributed by atoms with E-state index in [0.717, 1.165) is 73.4 Å². The van der Waals surface area contributed by atoms with Gasteiger partial charge >= 0.3 is 6.01 Å². The lowest BCUT2D eigenvalue weighted by Crippen LogP contribution is -2.52. The fourth-order valence-electron chi connectivity index (χ4n) is 5.36. The quantitative estimate of drug-likeness (QED) is 0.420. The number of benzene rings is 2. The second-order valence-electron chi connectivity index (χ2n) is 10.6. The van der Waals surface area contributed by atoms with Crippen molar-refractivity contribution in [2.45, 2.75) is 32.9 Å². The van der Waals surface area contributed by atoms with Crippen LogP contribution in [0.25, 0.3) is 10.8 Å². The molecule has 5 rings (SSSR count). The molecule has 3 heterocycles. The Hall–Kier alpha value is -3.89. The average molecular weight is 562 g/mol. The van der Waals surface area contributed by atoms with E-state index in [4.69, 9.17) is 15.5 Å². The lowest BCUT2D eigenvalue weighted by Gasteiger charge is -2.37. The Labute approximate surface area is 243 Å². The number of rotatable bonds is 7. The standard InChI is InChI=1S/C24H30N6O2.C7H13NO/c1-28-9-10-29(2)17(13-28)15-32-24-26-21-14-30(8-7-20(21)23(25)27-24)22-12-18(31)11-16-5-3-4-6-19(16)22;1-4-7(9)8(5-2)6-3/h3-6,11-12,17,31H,7-10,13-15H2,1-2H3,(H2,25,26,27);4H,1,5-6H2,2-3H3. The topological polar surface area (TPSA) is 111 Å². The molecule has 2 aromatic carbocycles. The number of likely N-dealkylation sites (N-methyl/N-ethyl adjacent to an activating group) is 3. The van der Waals surface area contributed by atoms with E-state index in [1.54, 1.807) is 11.0 Å². The highest BCUT2D eigenvalue weighted by Crippen LogP contribution is 2.35. The number of fused-ring (bicyclic) bond motifs is 2. The summed E-state index contributed by atoms with van der Waals surface area (Å²) < 4.78 is 6.01. The number of hydrogen-bond donors (Lipinski definition) is 2. The second-order valence-corrected chi connectivity index (χ2v) is 10.6. The first kappa shape index (κ1) is 30.1. The summed E-state index contributed by atoms with van der Waals surface area (Å²) in [6, 6.07) is 12.4. The van der Waals surface area contributed by atoms with E-state index in [2.05, 4.69) is 46.4 Å². The second kappa shape index (κ2) is 13.6. The number of anilines is 2.